The minimum atomic E-state index is -1.34. The van der Waals surface area contributed by atoms with Gasteiger partial charge in [-0.25, -0.2) is 9.59 Å². The van der Waals surface area contributed by atoms with E-state index in [-0.39, 0.29) is 58.7 Å². The third-order valence-electron chi connectivity index (χ3n) is 7.65. The summed E-state index contributed by atoms with van der Waals surface area (Å²) >= 11 is 6.30. The Hall–Kier alpha value is -5.22. The number of nitrogens with one attached hydrogen (secondary N) is 1. The lowest BCUT2D eigenvalue weighted by molar-refractivity contribution is -0.132. The number of likely N-dealkylation sites (tertiary alicyclic amines) is 2. The number of imide groups is 1. The number of carbonyl (C=O) groups excluding carboxylic acids is 3. The van der Waals surface area contributed by atoms with Gasteiger partial charge in [0.2, 0.25) is 11.8 Å². The number of carboxylic acids is 1. The predicted molar refractivity (Wildman–Crippen MR) is 157 cm³/mol. The number of ether oxygens (including phenoxy) is 1. The van der Waals surface area contributed by atoms with Crippen LogP contribution in [0.5, 0.6) is 5.88 Å². The Morgan fingerprint density at radius 2 is 1.77 bits per heavy atom. The summed E-state index contributed by atoms with van der Waals surface area (Å²) in [6.45, 7) is 1.21. The molecule has 2 saturated heterocycles. The number of halogens is 1. The van der Waals surface area contributed by atoms with Crippen LogP contribution in [0, 0.1) is 16.7 Å². The molecule has 0 spiro atoms. The lowest BCUT2D eigenvalue weighted by Crippen LogP contribution is -2.49. The number of piperidine rings is 1. The van der Waals surface area contributed by atoms with Crippen molar-refractivity contribution >= 4 is 41.3 Å². The maximum atomic E-state index is 13.8. The average Bonchev–Trinajstić information content (AvgIpc) is 3.68. The number of hydrogen-bond donors (Lipinski definition) is 3. The number of nitrogens with zero attached hydrogens (tertiary/aromatic N) is 5. The van der Waals surface area contributed by atoms with Crippen molar-refractivity contribution in [3.05, 3.63) is 81.0 Å². The highest BCUT2D eigenvalue weighted by Crippen LogP contribution is 2.36. The number of urea groups is 1. The van der Waals surface area contributed by atoms with E-state index in [1.807, 2.05) is 6.07 Å². The van der Waals surface area contributed by atoms with Crippen LogP contribution in [0.1, 0.15) is 74.7 Å². The van der Waals surface area contributed by atoms with E-state index < -0.39 is 29.7 Å². The molecule has 0 bridgehead atoms. The molecule has 2 aliphatic rings. The van der Waals surface area contributed by atoms with Crippen molar-refractivity contribution in [1.29, 1.82) is 10.7 Å². The Balaban J connectivity index is 1.55. The van der Waals surface area contributed by atoms with Crippen LogP contribution in [-0.2, 0) is 11.4 Å². The first-order chi connectivity index (χ1) is 21.1. The zero-order valence-corrected chi connectivity index (χ0v) is 24.2. The summed E-state index contributed by atoms with van der Waals surface area (Å²) in [5, 5.41) is 31.4. The number of rotatable bonds is 7. The van der Waals surface area contributed by atoms with Gasteiger partial charge in [-0.1, -0.05) is 41.9 Å². The molecule has 44 heavy (non-hydrogen) atoms. The maximum absolute atomic E-state index is 13.8. The first-order valence-electron chi connectivity index (χ1n) is 13.9. The summed E-state index contributed by atoms with van der Waals surface area (Å²) in [6, 6.07) is 12.1. The van der Waals surface area contributed by atoms with Crippen molar-refractivity contribution in [3.8, 4) is 11.9 Å². The number of amides is 3. The van der Waals surface area contributed by atoms with Crippen molar-refractivity contribution < 1.29 is 29.0 Å². The number of carboxylic acid groups (broad SMARTS) is 1. The largest absolute Gasteiger partial charge is 0.478 e. The van der Waals surface area contributed by atoms with Gasteiger partial charge in [-0.2, -0.15) is 15.0 Å². The number of hydrogen-bond acceptors (Lipinski definition) is 8. The number of amidine groups is 1. The van der Waals surface area contributed by atoms with Crippen LogP contribution in [0.4, 0.5) is 4.79 Å². The van der Waals surface area contributed by atoms with Crippen molar-refractivity contribution in [1.82, 2.24) is 19.6 Å². The topological polar surface area (TPSA) is 196 Å². The predicted octanol–water partition coefficient (Wildman–Crippen LogP) is 3.58. The van der Waals surface area contributed by atoms with Crippen LogP contribution in [0.25, 0.3) is 0 Å². The summed E-state index contributed by atoms with van der Waals surface area (Å²) in [7, 11) is 0. The highest BCUT2D eigenvalue weighted by atomic mass is 35.5. The van der Waals surface area contributed by atoms with Crippen molar-refractivity contribution in [2.24, 2.45) is 5.73 Å². The van der Waals surface area contributed by atoms with Gasteiger partial charge in [-0.15, -0.1) is 0 Å². The van der Waals surface area contributed by atoms with Gasteiger partial charge >= 0.3 is 12.0 Å². The van der Waals surface area contributed by atoms with E-state index >= 15 is 0 Å². The Bertz CT molecular complexity index is 1710. The Labute approximate surface area is 256 Å². The second-order valence-corrected chi connectivity index (χ2v) is 10.8. The van der Waals surface area contributed by atoms with Gasteiger partial charge in [-0.05, 0) is 43.4 Å². The first kappa shape index (κ1) is 30.2. The molecule has 3 amide bonds. The number of carbonyl (C=O) groups is 4. The minimum absolute atomic E-state index is 0.0304. The molecule has 14 heteroatoms. The molecule has 226 valence electrons. The highest BCUT2D eigenvalue weighted by Gasteiger charge is 2.40. The monoisotopic (exact) mass is 617 g/mol. The van der Waals surface area contributed by atoms with Crippen molar-refractivity contribution in [3.63, 3.8) is 0 Å². The van der Waals surface area contributed by atoms with Gasteiger partial charge in [-0.3, -0.25) is 19.9 Å². The van der Waals surface area contributed by atoms with Crippen LogP contribution in [-0.4, -0.2) is 74.0 Å². The van der Waals surface area contributed by atoms with Gasteiger partial charge in [0, 0.05) is 25.2 Å². The van der Waals surface area contributed by atoms with E-state index in [1.54, 1.807) is 29.2 Å². The molecule has 0 radical (unpaired) electrons. The molecule has 0 aliphatic carbocycles. The summed E-state index contributed by atoms with van der Waals surface area (Å²) < 4.78 is 6.79. The number of benzene rings is 2. The normalized spacial score (nSPS) is 16.5. The van der Waals surface area contributed by atoms with Crippen LogP contribution in [0.15, 0.2) is 42.5 Å². The van der Waals surface area contributed by atoms with Gasteiger partial charge in [0.25, 0.3) is 5.91 Å². The Morgan fingerprint density at radius 1 is 1.09 bits per heavy atom. The quantitative estimate of drug-likeness (QED) is 0.262. The molecule has 3 heterocycles. The van der Waals surface area contributed by atoms with Crippen LogP contribution < -0.4 is 10.5 Å². The number of nitrogens with two attached hydrogens (primary N) is 1. The summed E-state index contributed by atoms with van der Waals surface area (Å²) in [5.41, 5.74) is 5.92. The highest BCUT2D eigenvalue weighted by molar-refractivity contribution is 6.36. The fourth-order valence-corrected chi connectivity index (χ4v) is 5.63. The van der Waals surface area contributed by atoms with Gasteiger partial charge in [0.15, 0.2) is 0 Å². The SMILES string of the molecule is N#Cc1c(C2CCCN(C(=O)N3CCCC3)C2=O)nn(C(=O)c2cccc(C(=O)O)c2Cl)c1OCc1ccc(C(=N)N)cc1. The van der Waals surface area contributed by atoms with E-state index in [0.717, 1.165) is 17.5 Å². The molecule has 1 atom stereocenters. The molecule has 1 aromatic heterocycles. The Kier molecular flexibility index (Phi) is 8.64. The van der Waals surface area contributed by atoms with Gasteiger partial charge < -0.3 is 20.5 Å². The zero-order valence-electron chi connectivity index (χ0n) is 23.5. The molecule has 5 rings (SSSR count). The smallest absolute Gasteiger partial charge is 0.337 e. The number of nitriles is 1. The molecule has 3 aromatic rings. The minimum Gasteiger partial charge on any atom is -0.478 e. The molecule has 2 aliphatic heterocycles. The van der Waals surface area contributed by atoms with Crippen molar-refractivity contribution in [2.45, 2.75) is 38.2 Å². The van der Waals surface area contributed by atoms with Crippen LogP contribution in [0.3, 0.4) is 0 Å². The van der Waals surface area contributed by atoms with Crippen LogP contribution in [0.2, 0.25) is 5.02 Å². The zero-order chi connectivity index (χ0) is 31.5. The molecule has 0 saturated carbocycles. The second kappa shape index (κ2) is 12.6. The molecule has 2 fully saturated rings. The standard InChI is InChI=1S/C30H28ClN7O6/c31-23-19(5-3-6-20(23)29(41)42)27(40)38-28(44-16-17-8-10-18(11-9-17)25(33)34)22(15-32)24(35-38)21-7-4-14-37(26(21)39)30(43)36-12-1-2-13-36/h3,5-6,8-11,21H,1-2,4,7,12-14,16H2,(H3,33,34)(H,41,42). The molecule has 1 unspecified atom stereocenters. The third-order valence-corrected chi connectivity index (χ3v) is 8.06. The Morgan fingerprint density at radius 3 is 2.41 bits per heavy atom. The fourth-order valence-electron chi connectivity index (χ4n) is 5.35. The van der Waals surface area contributed by atoms with E-state index in [2.05, 4.69) is 5.10 Å². The summed E-state index contributed by atoms with van der Waals surface area (Å²) in [6.07, 6.45) is 2.45. The molecule has 2 aromatic carbocycles. The number of nitrogen functional groups attached to an aromatic ring is 1. The van der Waals surface area contributed by atoms with Gasteiger partial charge in [0.1, 0.15) is 24.1 Å². The van der Waals surface area contributed by atoms with Crippen LogP contribution >= 0.6 is 11.6 Å². The third kappa shape index (κ3) is 5.71. The lowest BCUT2D eigenvalue weighted by atomic mass is 9.92. The van der Waals surface area contributed by atoms with E-state index in [0.29, 0.717) is 30.6 Å². The molecule has 13 nitrogen and oxygen atoms in total. The second-order valence-electron chi connectivity index (χ2n) is 10.4. The lowest BCUT2D eigenvalue weighted by Gasteiger charge is -2.32. The molecule has 4 N–H and O–H groups in total. The van der Waals surface area contributed by atoms with E-state index in [4.69, 9.17) is 27.5 Å². The van der Waals surface area contributed by atoms with Crippen molar-refractivity contribution in [2.75, 3.05) is 19.6 Å². The summed E-state index contributed by atoms with van der Waals surface area (Å²) in [4.78, 5) is 55.1. The van der Waals surface area contributed by atoms with E-state index in [9.17, 15) is 29.5 Å². The van der Waals surface area contributed by atoms with E-state index in [1.165, 1.54) is 23.1 Å². The molecular weight excluding hydrogens is 590 g/mol. The fraction of sp³-hybridized carbons (Fsp3) is 0.300. The number of aromatic carboxylic acids is 1. The number of aromatic nitrogens is 2. The average molecular weight is 618 g/mol. The maximum Gasteiger partial charge on any atom is 0.337 e. The molecular formula is C30H28ClN7O6. The van der Waals surface area contributed by atoms with Gasteiger partial charge in [0.05, 0.1) is 27.8 Å². The first-order valence-corrected chi connectivity index (χ1v) is 14.3. The summed E-state index contributed by atoms with van der Waals surface area (Å²) in [5.74, 6) is -4.14.